The van der Waals surface area contributed by atoms with Crippen LogP contribution in [0.2, 0.25) is 0 Å². The molecule has 0 spiro atoms. The molecule has 0 saturated heterocycles. The number of benzene rings is 3. The van der Waals surface area contributed by atoms with E-state index in [4.69, 9.17) is 4.84 Å². The summed E-state index contributed by atoms with van der Waals surface area (Å²) in [6.45, 7) is 1.91. The van der Waals surface area contributed by atoms with Crippen molar-refractivity contribution in [1.29, 1.82) is 0 Å². The monoisotopic (exact) mass is 424 g/mol. The Balaban J connectivity index is 1.79. The van der Waals surface area contributed by atoms with Gasteiger partial charge in [0.15, 0.2) is 0 Å². The largest absolute Gasteiger partial charge is 0.391 e. The molecule has 0 heterocycles. The average molecular weight is 424 g/mol. The van der Waals surface area contributed by atoms with E-state index < -0.39 is 15.8 Å². The highest BCUT2D eigenvalue weighted by atomic mass is 32.2. The van der Waals surface area contributed by atoms with Gasteiger partial charge in [0, 0.05) is 6.20 Å². The number of aryl methyl sites for hydroxylation is 1. The number of halogens is 1. The topological polar surface area (TPSA) is 59.0 Å². The Hall–Kier alpha value is -3.45. The molecular weight excluding hydrogens is 403 g/mol. The molecule has 3 aromatic rings. The Kier molecular flexibility index (Phi) is 6.98. The van der Waals surface area contributed by atoms with Crippen LogP contribution in [0.5, 0.6) is 0 Å². The minimum absolute atomic E-state index is 0.0402. The van der Waals surface area contributed by atoms with E-state index in [1.807, 2.05) is 37.3 Å². The van der Waals surface area contributed by atoms with Crippen LogP contribution in [0.1, 0.15) is 11.1 Å². The van der Waals surface area contributed by atoms with Crippen LogP contribution in [0.15, 0.2) is 101 Å². The van der Waals surface area contributed by atoms with E-state index in [1.54, 1.807) is 18.3 Å². The third-order valence-corrected chi connectivity index (χ3v) is 5.85. The van der Waals surface area contributed by atoms with Crippen molar-refractivity contribution in [3.8, 4) is 0 Å². The first kappa shape index (κ1) is 21.3. The maximum Gasteiger partial charge on any atom is 0.268 e. The summed E-state index contributed by atoms with van der Waals surface area (Å²) in [7, 11) is -3.94. The smallest absolute Gasteiger partial charge is 0.268 e. The first-order valence-electron chi connectivity index (χ1n) is 9.20. The summed E-state index contributed by atoms with van der Waals surface area (Å²) >= 11 is 0. The molecule has 0 aromatic heterocycles. The predicted octanol–water partition coefficient (Wildman–Crippen LogP) is 4.89. The third kappa shape index (κ3) is 5.55. The van der Waals surface area contributed by atoms with Crippen molar-refractivity contribution in [1.82, 2.24) is 0 Å². The molecular formula is C23H21FN2O3S. The molecule has 0 amide bonds. The SMILES string of the molecule is Cc1ccc(S(=O)(=O)N(/C=C/CO/N=C/c2ccccc2)c2cccc(F)c2)cc1. The Labute approximate surface area is 175 Å². The summed E-state index contributed by atoms with van der Waals surface area (Å²) in [5.41, 5.74) is 2.00. The Morgan fingerprint density at radius 1 is 1.00 bits per heavy atom. The highest BCUT2D eigenvalue weighted by molar-refractivity contribution is 7.93. The number of sulfonamides is 1. The van der Waals surface area contributed by atoms with Gasteiger partial charge in [-0.05, 0) is 48.9 Å². The van der Waals surface area contributed by atoms with E-state index in [0.717, 1.165) is 21.5 Å². The number of hydrogen-bond acceptors (Lipinski definition) is 4. The Morgan fingerprint density at radius 3 is 2.43 bits per heavy atom. The van der Waals surface area contributed by atoms with Crippen molar-refractivity contribution in [2.75, 3.05) is 10.9 Å². The van der Waals surface area contributed by atoms with Crippen LogP contribution in [-0.4, -0.2) is 21.2 Å². The van der Waals surface area contributed by atoms with Gasteiger partial charge >= 0.3 is 0 Å². The molecule has 0 aliphatic rings. The normalized spacial score (nSPS) is 11.8. The maximum absolute atomic E-state index is 13.7. The second-order valence-electron chi connectivity index (χ2n) is 6.42. The van der Waals surface area contributed by atoms with Crippen LogP contribution >= 0.6 is 0 Å². The fourth-order valence-corrected chi connectivity index (χ4v) is 3.95. The summed E-state index contributed by atoms with van der Waals surface area (Å²) in [4.78, 5) is 5.27. The van der Waals surface area contributed by atoms with Gasteiger partial charge in [0.25, 0.3) is 10.0 Å². The molecule has 154 valence electrons. The van der Waals surface area contributed by atoms with Crippen LogP contribution in [0.3, 0.4) is 0 Å². The molecule has 0 aliphatic carbocycles. The molecule has 3 rings (SSSR count). The zero-order valence-corrected chi connectivity index (χ0v) is 17.2. The lowest BCUT2D eigenvalue weighted by atomic mass is 10.2. The fraction of sp³-hybridized carbons (Fsp3) is 0.0870. The van der Waals surface area contributed by atoms with Crippen molar-refractivity contribution in [2.24, 2.45) is 5.16 Å². The minimum atomic E-state index is -3.94. The van der Waals surface area contributed by atoms with Gasteiger partial charge in [-0.2, -0.15) is 0 Å². The van der Waals surface area contributed by atoms with Gasteiger partial charge in [0.05, 0.1) is 16.8 Å². The Bertz CT molecular complexity index is 1130. The van der Waals surface area contributed by atoms with Crippen molar-refractivity contribution >= 4 is 21.9 Å². The second-order valence-corrected chi connectivity index (χ2v) is 8.23. The molecule has 0 saturated carbocycles. The van der Waals surface area contributed by atoms with Crippen LogP contribution in [-0.2, 0) is 14.9 Å². The summed E-state index contributed by atoms with van der Waals surface area (Å²) in [6.07, 6.45) is 4.39. The highest BCUT2D eigenvalue weighted by Gasteiger charge is 2.23. The van der Waals surface area contributed by atoms with Crippen molar-refractivity contribution in [2.45, 2.75) is 11.8 Å². The molecule has 3 aromatic carbocycles. The second kappa shape index (κ2) is 9.84. The number of rotatable bonds is 8. The van der Waals surface area contributed by atoms with Crippen molar-refractivity contribution < 1.29 is 17.6 Å². The standard InChI is InChI=1S/C23H21FN2O3S/c1-19-11-13-23(14-12-19)30(27,28)26(22-10-5-9-21(24)17-22)15-6-16-29-25-18-20-7-3-2-4-8-20/h2-15,17-18H,16H2,1H3/b15-6+,25-18+. The molecule has 0 bridgehead atoms. The quantitative estimate of drug-likeness (QED) is 0.294. The maximum atomic E-state index is 13.7. The van der Waals surface area contributed by atoms with E-state index in [9.17, 15) is 12.8 Å². The van der Waals surface area contributed by atoms with E-state index in [-0.39, 0.29) is 17.2 Å². The summed E-state index contributed by atoms with van der Waals surface area (Å²) in [5.74, 6) is -0.534. The van der Waals surface area contributed by atoms with Crippen LogP contribution < -0.4 is 4.31 Å². The number of hydrogen-bond donors (Lipinski definition) is 0. The fourth-order valence-electron chi connectivity index (χ4n) is 2.60. The zero-order valence-electron chi connectivity index (χ0n) is 16.4. The van der Waals surface area contributed by atoms with Gasteiger partial charge in [0.2, 0.25) is 0 Å². The zero-order chi connectivity index (χ0) is 21.4. The minimum Gasteiger partial charge on any atom is -0.391 e. The summed E-state index contributed by atoms with van der Waals surface area (Å²) < 4.78 is 41.0. The molecule has 30 heavy (non-hydrogen) atoms. The first-order valence-corrected chi connectivity index (χ1v) is 10.6. The summed E-state index contributed by atoms with van der Waals surface area (Å²) in [6, 6.07) is 21.3. The van der Waals surface area contributed by atoms with Crippen LogP contribution in [0, 0.1) is 12.7 Å². The lowest BCUT2D eigenvalue weighted by Gasteiger charge is -2.21. The lowest BCUT2D eigenvalue weighted by Crippen LogP contribution is -2.26. The number of oxime groups is 1. The lowest BCUT2D eigenvalue weighted by molar-refractivity contribution is 0.176. The van der Waals surface area contributed by atoms with E-state index in [1.165, 1.54) is 42.6 Å². The van der Waals surface area contributed by atoms with Gasteiger partial charge in [-0.15, -0.1) is 0 Å². The van der Waals surface area contributed by atoms with Gasteiger partial charge in [-0.25, -0.2) is 17.1 Å². The van der Waals surface area contributed by atoms with Crippen molar-refractivity contribution in [3.63, 3.8) is 0 Å². The van der Waals surface area contributed by atoms with Crippen LogP contribution in [0.4, 0.5) is 10.1 Å². The number of nitrogens with zero attached hydrogens (tertiary/aromatic N) is 2. The van der Waals surface area contributed by atoms with E-state index >= 15 is 0 Å². The molecule has 0 aliphatic heterocycles. The van der Waals surface area contributed by atoms with Gasteiger partial charge in [0.1, 0.15) is 12.4 Å². The number of anilines is 1. The molecule has 0 unspecified atom stereocenters. The molecule has 5 nitrogen and oxygen atoms in total. The average Bonchev–Trinajstić information content (AvgIpc) is 2.74. The van der Waals surface area contributed by atoms with E-state index in [2.05, 4.69) is 5.16 Å². The molecule has 0 radical (unpaired) electrons. The van der Waals surface area contributed by atoms with Gasteiger partial charge < -0.3 is 4.84 Å². The Morgan fingerprint density at radius 2 is 1.73 bits per heavy atom. The molecule has 0 fully saturated rings. The molecule has 0 N–H and O–H groups in total. The van der Waals surface area contributed by atoms with Gasteiger partial charge in [-0.1, -0.05) is 59.3 Å². The first-order chi connectivity index (χ1) is 14.5. The predicted molar refractivity (Wildman–Crippen MR) is 116 cm³/mol. The van der Waals surface area contributed by atoms with E-state index in [0.29, 0.717) is 0 Å². The summed E-state index contributed by atoms with van der Waals surface area (Å²) in [5, 5.41) is 3.85. The van der Waals surface area contributed by atoms with Crippen molar-refractivity contribution in [3.05, 3.63) is 108 Å². The highest BCUT2D eigenvalue weighted by Crippen LogP contribution is 2.25. The van der Waals surface area contributed by atoms with Crippen LogP contribution in [0.25, 0.3) is 0 Å². The van der Waals surface area contributed by atoms with Gasteiger partial charge in [-0.3, -0.25) is 0 Å². The molecule has 7 heteroatoms. The molecule has 0 atom stereocenters. The third-order valence-electron chi connectivity index (χ3n) is 4.13.